The Balaban J connectivity index is 1.82. The molecule has 1 aliphatic carbocycles. The fraction of sp³-hybridized carbons (Fsp3) is 0.375. The van der Waals surface area contributed by atoms with Crippen LogP contribution in [0.1, 0.15) is 50.6 Å². The van der Waals surface area contributed by atoms with Gasteiger partial charge in [0.25, 0.3) is 0 Å². The number of fused-ring (bicyclic) bond motifs is 3. The van der Waals surface area contributed by atoms with E-state index in [2.05, 4.69) is 6.07 Å². The summed E-state index contributed by atoms with van der Waals surface area (Å²) in [6.07, 6.45) is -4.17. The second-order valence-corrected chi connectivity index (χ2v) is 11.0. The predicted octanol–water partition coefficient (Wildman–Crippen LogP) is 4.37. The van der Waals surface area contributed by atoms with Crippen molar-refractivity contribution in [3.05, 3.63) is 64.0 Å². The minimum atomic E-state index is -1.44. The third kappa shape index (κ3) is 6.25. The average Bonchev–Trinajstić information content (AvgIpc) is 3.52. The van der Waals surface area contributed by atoms with E-state index in [0.29, 0.717) is 29.9 Å². The molecule has 0 saturated carbocycles. The number of esters is 4. The van der Waals surface area contributed by atoms with Gasteiger partial charge in [0.2, 0.25) is 0 Å². The molecule has 234 valence electrons. The van der Waals surface area contributed by atoms with Crippen molar-refractivity contribution < 1.29 is 47.3 Å². The number of furan rings is 1. The van der Waals surface area contributed by atoms with E-state index >= 15 is 0 Å². The zero-order valence-corrected chi connectivity index (χ0v) is 25.8. The zero-order valence-electron chi connectivity index (χ0n) is 24.9. The third-order valence-corrected chi connectivity index (χ3v) is 7.93. The van der Waals surface area contributed by atoms with Crippen molar-refractivity contribution in [3.8, 4) is 28.7 Å². The van der Waals surface area contributed by atoms with Crippen molar-refractivity contribution in [2.45, 2.75) is 71.2 Å². The highest BCUT2D eigenvalue weighted by molar-refractivity contribution is 7.71. The Morgan fingerprint density at radius 1 is 0.911 bits per heavy atom. The zero-order chi connectivity index (χ0) is 32.4. The van der Waals surface area contributed by atoms with E-state index in [1.807, 2.05) is 24.3 Å². The van der Waals surface area contributed by atoms with Gasteiger partial charge in [-0.15, -0.1) is 0 Å². The third-order valence-electron chi connectivity index (χ3n) is 7.53. The summed E-state index contributed by atoms with van der Waals surface area (Å²) >= 11 is 5.98. The Kier molecular flexibility index (Phi) is 9.17. The highest BCUT2D eigenvalue weighted by atomic mass is 32.1. The number of nitrogens with zero attached hydrogens (tertiary/aromatic N) is 2. The lowest BCUT2D eigenvalue weighted by Gasteiger charge is -2.45. The molecule has 0 N–H and O–H groups in total. The summed E-state index contributed by atoms with van der Waals surface area (Å²) in [7, 11) is 0. The summed E-state index contributed by atoms with van der Waals surface area (Å²) < 4.78 is 36.0. The van der Waals surface area contributed by atoms with E-state index in [1.165, 1.54) is 17.8 Å². The molecule has 12 nitrogen and oxygen atoms in total. The molecule has 0 spiro atoms. The molecule has 0 bridgehead atoms. The number of ether oxygens (including phenoxy) is 5. The molecule has 3 aromatic rings. The number of pyridine rings is 1. The molecule has 45 heavy (non-hydrogen) atoms. The molecular weight excluding hydrogens is 604 g/mol. The highest BCUT2D eigenvalue weighted by Gasteiger charge is 2.53. The Bertz CT molecular complexity index is 1760. The Morgan fingerprint density at radius 2 is 1.58 bits per heavy atom. The summed E-state index contributed by atoms with van der Waals surface area (Å²) in [6.45, 7) is 4.22. The van der Waals surface area contributed by atoms with Crippen LogP contribution in [0.15, 0.2) is 47.1 Å². The summed E-state index contributed by atoms with van der Waals surface area (Å²) in [5.41, 5.74) is 3.92. The van der Waals surface area contributed by atoms with E-state index in [1.54, 1.807) is 12.1 Å². The van der Waals surface area contributed by atoms with Crippen LogP contribution < -0.4 is 0 Å². The number of aryl methyl sites for hydroxylation is 1. The van der Waals surface area contributed by atoms with Crippen LogP contribution in [0, 0.1) is 16.0 Å². The molecule has 5 rings (SSSR count). The number of nitriles is 1. The average molecular weight is 635 g/mol. The smallest absolute Gasteiger partial charge is 0.303 e. The molecule has 2 aliphatic rings. The van der Waals surface area contributed by atoms with Crippen molar-refractivity contribution in [1.82, 2.24) is 4.57 Å². The van der Waals surface area contributed by atoms with Gasteiger partial charge in [0.1, 0.15) is 23.4 Å². The summed E-state index contributed by atoms with van der Waals surface area (Å²) in [4.78, 5) is 49.0. The standard InChI is InChI=1S/C32H30N2O10S/c1-16(35)40-15-25-28(41-17(2)36)29(42-18(3)37)30(43-19(4)38)31(44-25)34-27(24-10-7-13-39-24)22-12-11-20-8-5-6-9-21(20)26(22)23(14-33)32(34)45/h5-10,13,25,28-31H,11-12,15H2,1-4H3/t25-,28+,29+,30-,31-/m1/s1. The first kappa shape index (κ1) is 31.6. The number of carbonyl (C=O) groups is 4. The molecule has 13 heteroatoms. The van der Waals surface area contributed by atoms with E-state index in [9.17, 15) is 24.4 Å². The van der Waals surface area contributed by atoms with Crippen LogP contribution in [-0.2, 0) is 55.7 Å². The number of hydrogen-bond donors (Lipinski definition) is 0. The molecule has 1 aromatic carbocycles. The first-order chi connectivity index (χ1) is 21.5. The van der Waals surface area contributed by atoms with Crippen molar-refractivity contribution in [3.63, 3.8) is 0 Å². The van der Waals surface area contributed by atoms with Crippen molar-refractivity contribution in [1.29, 1.82) is 5.26 Å². The quantitative estimate of drug-likeness (QED) is 0.206. The van der Waals surface area contributed by atoms with Crippen LogP contribution >= 0.6 is 12.2 Å². The van der Waals surface area contributed by atoms with Gasteiger partial charge in [-0.3, -0.25) is 23.7 Å². The molecule has 0 radical (unpaired) electrons. The Labute approximate surface area is 263 Å². The molecule has 3 heterocycles. The van der Waals surface area contributed by atoms with E-state index in [0.717, 1.165) is 37.5 Å². The van der Waals surface area contributed by atoms with Gasteiger partial charge < -0.3 is 28.1 Å². The first-order valence-corrected chi connectivity index (χ1v) is 14.6. The molecule has 2 aromatic heterocycles. The predicted molar refractivity (Wildman–Crippen MR) is 158 cm³/mol. The highest BCUT2D eigenvalue weighted by Crippen LogP contribution is 2.45. The van der Waals surface area contributed by atoms with Crippen LogP contribution in [-0.4, -0.2) is 59.5 Å². The molecule has 1 aliphatic heterocycles. The molecule has 0 unspecified atom stereocenters. The van der Waals surface area contributed by atoms with Crippen LogP contribution in [0.2, 0.25) is 0 Å². The molecule has 5 atom stereocenters. The minimum absolute atomic E-state index is 0.0280. The summed E-state index contributed by atoms with van der Waals surface area (Å²) in [5, 5.41) is 10.5. The normalized spacial score (nSPS) is 21.8. The SMILES string of the molecule is CC(=O)OC[C@H]1O[C@@H](n2c(-c3ccco3)c3c(c(C#N)c2=S)-c2ccccc2CC3)[C@H](OC(C)=O)[C@@H](OC(C)=O)[C@H]1OC(C)=O. The lowest BCUT2D eigenvalue weighted by molar-refractivity contribution is -0.268. The van der Waals surface area contributed by atoms with Gasteiger partial charge in [-0.25, -0.2) is 0 Å². The Morgan fingerprint density at radius 3 is 2.20 bits per heavy atom. The maximum atomic E-state index is 12.5. The summed E-state index contributed by atoms with van der Waals surface area (Å²) in [6, 6.07) is 13.4. The second kappa shape index (κ2) is 13.1. The van der Waals surface area contributed by atoms with Crippen molar-refractivity contribution >= 4 is 36.1 Å². The number of carbonyl (C=O) groups excluding carboxylic acids is 4. The van der Waals surface area contributed by atoms with Crippen LogP contribution in [0.3, 0.4) is 0 Å². The second-order valence-electron chi connectivity index (χ2n) is 10.6. The number of aromatic nitrogens is 1. The lowest BCUT2D eigenvalue weighted by Crippen LogP contribution is -2.60. The van der Waals surface area contributed by atoms with Gasteiger partial charge in [0.05, 0.1) is 17.5 Å². The molecule has 0 amide bonds. The van der Waals surface area contributed by atoms with Gasteiger partial charge in [0.15, 0.2) is 30.3 Å². The monoisotopic (exact) mass is 634 g/mol. The molecule has 1 saturated heterocycles. The van der Waals surface area contributed by atoms with E-state index < -0.39 is 61.1 Å². The van der Waals surface area contributed by atoms with Crippen LogP contribution in [0.5, 0.6) is 0 Å². The molecule has 1 fully saturated rings. The van der Waals surface area contributed by atoms with Crippen molar-refractivity contribution in [2.75, 3.05) is 6.61 Å². The maximum Gasteiger partial charge on any atom is 0.303 e. The van der Waals surface area contributed by atoms with Gasteiger partial charge >= 0.3 is 23.9 Å². The van der Waals surface area contributed by atoms with Gasteiger partial charge in [-0.05, 0) is 41.7 Å². The minimum Gasteiger partial charge on any atom is -0.463 e. The Hall–Kier alpha value is -4.80. The number of rotatable bonds is 7. The number of hydrogen-bond acceptors (Lipinski definition) is 12. The van der Waals surface area contributed by atoms with E-state index in [4.69, 9.17) is 40.3 Å². The first-order valence-electron chi connectivity index (χ1n) is 14.2. The van der Waals surface area contributed by atoms with Gasteiger partial charge in [-0.2, -0.15) is 5.26 Å². The van der Waals surface area contributed by atoms with Crippen LogP contribution in [0.25, 0.3) is 22.6 Å². The van der Waals surface area contributed by atoms with Gasteiger partial charge in [0, 0.05) is 33.3 Å². The fourth-order valence-electron chi connectivity index (χ4n) is 5.97. The van der Waals surface area contributed by atoms with E-state index in [-0.39, 0.29) is 10.2 Å². The lowest BCUT2D eigenvalue weighted by atomic mass is 9.82. The van der Waals surface area contributed by atoms with Gasteiger partial charge in [-0.1, -0.05) is 36.5 Å². The van der Waals surface area contributed by atoms with Crippen molar-refractivity contribution in [2.24, 2.45) is 0 Å². The summed E-state index contributed by atoms with van der Waals surface area (Å²) in [5.74, 6) is -2.54. The maximum absolute atomic E-state index is 12.5. The topological polar surface area (TPSA) is 156 Å². The largest absolute Gasteiger partial charge is 0.463 e. The number of benzene rings is 1. The molecular formula is C32H30N2O10S. The fourth-order valence-corrected chi connectivity index (χ4v) is 6.31. The van der Waals surface area contributed by atoms with Crippen LogP contribution in [0.4, 0.5) is 0 Å².